The molecule has 1 aromatic heterocycles. The minimum absolute atomic E-state index is 0.0118. The molecule has 182 valence electrons. The summed E-state index contributed by atoms with van der Waals surface area (Å²) in [4.78, 5) is 16.2. The van der Waals surface area contributed by atoms with E-state index in [1.807, 2.05) is 18.2 Å². The number of sulfone groups is 1. The van der Waals surface area contributed by atoms with E-state index in [4.69, 9.17) is 14.2 Å². The van der Waals surface area contributed by atoms with Crippen molar-refractivity contribution in [2.75, 3.05) is 31.4 Å². The lowest BCUT2D eigenvalue weighted by molar-refractivity contribution is -0.112. The van der Waals surface area contributed by atoms with Crippen molar-refractivity contribution in [3.63, 3.8) is 0 Å². The van der Waals surface area contributed by atoms with Crippen LogP contribution in [-0.2, 0) is 14.6 Å². The highest BCUT2D eigenvalue weighted by molar-refractivity contribution is 7.91. The van der Waals surface area contributed by atoms with E-state index in [2.05, 4.69) is 14.7 Å². The van der Waals surface area contributed by atoms with Crippen LogP contribution in [0.2, 0.25) is 0 Å². The molecular weight excluding hydrogens is 492 g/mol. The lowest BCUT2D eigenvalue weighted by atomic mass is 10.1. The van der Waals surface area contributed by atoms with Gasteiger partial charge in [0.05, 0.1) is 12.9 Å². The van der Waals surface area contributed by atoms with E-state index in [1.165, 1.54) is 13.0 Å². The Bertz CT molecular complexity index is 1340. The summed E-state index contributed by atoms with van der Waals surface area (Å²) in [6.45, 7) is 2.09. The fourth-order valence-electron chi connectivity index (χ4n) is 2.71. The molecule has 35 heavy (non-hydrogen) atoms. The molecule has 2 aromatic carbocycles. The smallest absolute Gasteiger partial charge is 0.268 e. The fourth-order valence-corrected chi connectivity index (χ4v) is 4.29. The Labute approximate surface area is 206 Å². The van der Waals surface area contributed by atoms with E-state index in [0.717, 1.165) is 11.5 Å². The molecule has 12 heteroatoms. The summed E-state index contributed by atoms with van der Waals surface area (Å²) in [7, 11) is -2.01. The van der Waals surface area contributed by atoms with Gasteiger partial charge in [0.15, 0.2) is 11.5 Å². The standard InChI is InChI=1S/C23H22N4O6S2/c1-3-35(29,30)23-26-22(34-27-23)25-21(28)17(15-24)14-16-8-10-18(11-9-16)32-12-13-33-20-7-5-4-6-19(20)31-2/h4-11,14H,3,12-13H2,1-2H3,(H,25,26,27,28)/b17-14-. The van der Waals surface area contributed by atoms with Gasteiger partial charge in [0.1, 0.15) is 30.6 Å². The zero-order valence-electron chi connectivity index (χ0n) is 18.9. The normalized spacial score (nSPS) is 11.4. The van der Waals surface area contributed by atoms with Crippen LogP contribution >= 0.6 is 11.5 Å². The number of nitrogens with zero attached hydrogens (tertiary/aromatic N) is 3. The molecule has 1 heterocycles. The third kappa shape index (κ3) is 7.02. The zero-order valence-corrected chi connectivity index (χ0v) is 20.6. The summed E-state index contributed by atoms with van der Waals surface area (Å²) in [5, 5.41) is 11.4. The average molecular weight is 515 g/mol. The highest BCUT2D eigenvalue weighted by atomic mass is 32.2. The Kier molecular flexibility index (Phi) is 8.77. The van der Waals surface area contributed by atoms with Gasteiger partial charge in [-0.25, -0.2) is 8.42 Å². The second-order valence-corrected chi connectivity index (χ2v) is 9.75. The number of nitrogens with one attached hydrogen (secondary N) is 1. The quantitative estimate of drug-likeness (QED) is 0.232. The first-order valence-electron chi connectivity index (χ1n) is 10.3. The van der Waals surface area contributed by atoms with Gasteiger partial charge in [-0.3, -0.25) is 10.1 Å². The summed E-state index contributed by atoms with van der Waals surface area (Å²) < 4.78 is 43.9. The van der Waals surface area contributed by atoms with E-state index in [-0.39, 0.29) is 21.6 Å². The molecule has 0 aliphatic heterocycles. The average Bonchev–Trinajstić information content (AvgIpc) is 3.35. The van der Waals surface area contributed by atoms with E-state index in [1.54, 1.807) is 43.5 Å². The molecule has 0 bridgehead atoms. The lowest BCUT2D eigenvalue weighted by Crippen LogP contribution is -2.13. The number of ether oxygens (including phenoxy) is 3. The van der Waals surface area contributed by atoms with Crippen LogP contribution in [0, 0.1) is 11.3 Å². The third-order valence-electron chi connectivity index (χ3n) is 4.52. The number of amides is 1. The zero-order chi connectivity index (χ0) is 25.3. The van der Waals surface area contributed by atoms with Gasteiger partial charge in [-0.05, 0) is 35.9 Å². The Morgan fingerprint density at radius 2 is 1.80 bits per heavy atom. The molecule has 0 fully saturated rings. The number of hydrogen-bond acceptors (Lipinski definition) is 10. The van der Waals surface area contributed by atoms with Crippen molar-refractivity contribution in [1.29, 1.82) is 5.26 Å². The fraction of sp³-hybridized carbons (Fsp3) is 0.217. The predicted molar refractivity (Wildman–Crippen MR) is 130 cm³/mol. The molecule has 0 atom stereocenters. The van der Waals surface area contributed by atoms with E-state index in [9.17, 15) is 18.5 Å². The van der Waals surface area contributed by atoms with Crippen molar-refractivity contribution in [2.45, 2.75) is 12.1 Å². The molecule has 3 aromatic rings. The van der Waals surface area contributed by atoms with Gasteiger partial charge >= 0.3 is 0 Å². The molecular formula is C23H22N4O6S2. The molecule has 0 aliphatic carbocycles. The van der Waals surface area contributed by atoms with Crippen LogP contribution in [0.25, 0.3) is 6.08 Å². The first-order valence-corrected chi connectivity index (χ1v) is 12.8. The molecule has 3 rings (SSSR count). The number of para-hydroxylation sites is 2. The molecule has 0 spiro atoms. The molecule has 0 saturated heterocycles. The monoisotopic (exact) mass is 514 g/mol. The van der Waals surface area contributed by atoms with Gasteiger partial charge in [0, 0.05) is 11.5 Å². The number of nitriles is 1. The van der Waals surface area contributed by atoms with Crippen molar-refractivity contribution >= 4 is 38.5 Å². The molecule has 10 nitrogen and oxygen atoms in total. The maximum absolute atomic E-state index is 12.4. The number of carbonyl (C=O) groups is 1. The van der Waals surface area contributed by atoms with Crippen molar-refractivity contribution in [2.24, 2.45) is 0 Å². The number of aromatic nitrogens is 2. The Morgan fingerprint density at radius 3 is 2.46 bits per heavy atom. The number of methoxy groups -OCH3 is 1. The van der Waals surface area contributed by atoms with E-state index in [0.29, 0.717) is 36.0 Å². The molecule has 0 aliphatic rings. The maximum atomic E-state index is 12.4. The Morgan fingerprint density at radius 1 is 1.11 bits per heavy atom. The van der Waals surface area contributed by atoms with Crippen molar-refractivity contribution in [3.8, 4) is 23.3 Å². The van der Waals surface area contributed by atoms with Crippen LogP contribution in [0.15, 0.2) is 59.3 Å². The number of hydrogen-bond donors (Lipinski definition) is 1. The number of anilines is 1. The van der Waals surface area contributed by atoms with Gasteiger partial charge in [-0.15, -0.1) is 0 Å². The third-order valence-corrected chi connectivity index (χ3v) is 6.77. The first kappa shape index (κ1) is 25.7. The van der Waals surface area contributed by atoms with Gasteiger partial charge in [0.2, 0.25) is 15.0 Å². The van der Waals surface area contributed by atoms with Crippen molar-refractivity contribution in [1.82, 2.24) is 9.36 Å². The Balaban J connectivity index is 1.55. The van der Waals surface area contributed by atoms with Crippen molar-refractivity contribution < 1.29 is 27.4 Å². The summed E-state index contributed by atoms with van der Waals surface area (Å²) in [5.74, 6) is 0.969. The van der Waals surface area contributed by atoms with Gasteiger partial charge in [-0.2, -0.15) is 14.6 Å². The van der Waals surface area contributed by atoms with Crippen LogP contribution in [0.1, 0.15) is 12.5 Å². The predicted octanol–water partition coefficient (Wildman–Crippen LogP) is 3.34. The highest BCUT2D eigenvalue weighted by Gasteiger charge is 2.20. The highest BCUT2D eigenvalue weighted by Crippen LogP contribution is 2.25. The van der Waals surface area contributed by atoms with Gasteiger partial charge < -0.3 is 14.2 Å². The van der Waals surface area contributed by atoms with Crippen molar-refractivity contribution in [3.05, 3.63) is 59.7 Å². The molecule has 1 amide bonds. The number of rotatable bonds is 11. The minimum Gasteiger partial charge on any atom is -0.493 e. The van der Waals surface area contributed by atoms with Crippen LogP contribution in [0.3, 0.4) is 0 Å². The minimum atomic E-state index is -3.59. The second kappa shape index (κ2) is 12.0. The van der Waals surface area contributed by atoms with E-state index < -0.39 is 15.7 Å². The van der Waals surface area contributed by atoms with Crippen LogP contribution in [0.5, 0.6) is 17.2 Å². The Hall–Kier alpha value is -3.95. The molecule has 0 unspecified atom stereocenters. The van der Waals surface area contributed by atoms with Crippen LogP contribution < -0.4 is 19.5 Å². The molecule has 1 N–H and O–H groups in total. The lowest BCUT2D eigenvalue weighted by Gasteiger charge is -2.11. The second-order valence-electron chi connectivity index (χ2n) is 6.83. The SMILES string of the molecule is CCS(=O)(=O)c1nsc(NC(=O)/C(C#N)=C\c2ccc(OCCOc3ccccc3OC)cc2)n1. The summed E-state index contributed by atoms with van der Waals surface area (Å²) >= 11 is 0.724. The first-order chi connectivity index (χ1) is 16.9. The largest absolute Gasteiger partial charge is 0.493 e. The topological polar surface area (TPSA) is 140 Å². The van der Waals surface area contributed by atoms with Gasteiger partial charge in [0.25, 0.3) is 11.1 Å². The number of carbonyl (C=O) groups excluding carboxylic acids is 1. The summed E-state index contributed by atoms with van der Waals surface area (Å²) in [5.41, 5.74) is 0.416. The van der Waals surface area contributed by atoms with Gasteiger partial charge in [-0.1, -0.05) is 31.2 Å². The molecule has 0 saturated carbocycles. The maximum Gasteiger partial charge on any atom is 0.268 e. The van der Waals surface area contributed by atoms with Crippen LogP contribution in [0.4, 0.5) is 5.13 Å². The molecule has 0 radical (unpaired) electrons. The van der Waals surface area contributed by atoms with E-state index >= 15 is 0 Å². The van der Waals surface area contributed by atoms with Crippen LogP contribution in [-0.4, -0.2) is 49.8 Å². The summed E-state index contributed by atoms with van der Waals surface area (Å²) in [6, 6.07) is 15.9. The summed E-state index contributed by atoms with van der Waals surface area (Å²) in [6.07, 6.45) is 1.40. The number of benzene rings is 2.